The molecule has 0 saturated carbocycles. The molecule has 3 aromatic rings. The highest BCUT2D eigenvalue weighted by atomic mass is 16.3. The molecule has 0 radical (unpaired) electrons. The van der Waals surface area contributed by atoms with Crippen LogP contribution in [-0.4, -0.2) is 41.6 Å². The van der Waals surface area contributed by atoms with Crippen molar-refractivity contribution in [1.82, 2.24) is 14.8 Å². The zero-order valence-corrected chi connectivity index (χ0v) is 15.2. The topological polar surface area (TPSA) is 50.4 Å². The number of benzene rings is 1. The van der Waals surface area contributed by atoms with Gasteiger partial charge in [-0.1, -0.05) is 30.3 Å². The van der Waals surface area contributed by atoms with Crippen LogP contribution in [0.1, 0.15) is 34.7 Å². The lowest BCUT2D eigenvalue weighted by Gasteiger charge is -2.15. The van der Waals surface area contributed by atoms with Gasteiger partial charge in [0.2, 0.25) is 0 Å². The lowest BCUT2D eigenvalue weighted by Crippen LogP contribution is -2.34. The Morgan fingerprint density at radius 1 is 1.15 bits per heavy atom. The lowest BCUT2D eigenvalue weighted by atomic mass is 10.2. The molecule has 0 unspecified atom stereocenters. The fraction of sp³-hybridized carbons (Fsp3) is 0.381. The SMILES string of the molecule is Cc1cc2c(cc(C(=O)NCCN3CCCC3)n2Cc2ccccc2)o1. The van der Waals surface area contributed by atoms with Crippen LogP contribution in [0, 0.1) is 6.92 Å². The number of likely N-dealkylation sites (tertiary alicyclic amines) is 1. The number of fused-ring (bicyclic) bond motifs is 1. The number of aryl methyl sites for hydroxylation is 1. The first-order valence-electron chi connectivity index (χ1n) is 9.35. The molecule has 26 heavy (non-hydrogen) atoms. The minimum atomic E-state index is -0.0378. The second kappa shape index (κ2) is 7.38. The summed E-state index contributed by atoms with van der Waals surface area (Å²) < 4.78 is 7.80. The summed E-state index contributed by atoms with van der Waals surface area (Å²) in [7, 11) is 0. The number of carbonyl (C=O) groups excluding carboxylic acids is 1. The third kappa shape index (κ3) is 3.53. The van der Waals surface area contributed by atoms with Crippen LogP contribution in [0.25, 0.3) is 11.1 Å². The average Bonchev–Trinajstić information content (AvgIpc) is 3.34. The molecule has 1 fully saturated rings. The molecule has 0 bridgehead atoms. The highest BCUT2D eigenvalue weighted by molar-refractivity contribution is 5.97. The molecule has 5 nitrogen and oxygen atoms in total. The van der Waals surface area contributed by atoms with Gasteiger partial charge in [0.1, 0.15) is 11.5 Å². The van der Waals surface area contributed by atoms with Gasteiger partial charge in [-0.25, -0.2) is 0 Å². The van der Waals surface area contributed by atoms with Gasteiger partial charge in [-0.05, 0) is 38.4 Å². The maximum atomic E-state index is 12.8. The first-order chi connectivity index (χ1) is 12.7. The van der Waals surface area contributed by atoms with E-state index in [0.717, 1.165) is 42.1 Å². The van der Waals surface area contributed by atoms with Gasteiger partial charge in [-0.15, -0.1) is 0 Å². The van der Waals surface area contributed by atoms with Crippen LogP contribution in [-0.2, 0) is 6.54 Å². The Bertz CT molecular complexity index is 889. The van der Waals surface area contributed by atoms with Gasteiger partial charge in [0.25, 0.3) is 5.91 Å². The molecule has 5 heteroatoms. The summed E-state index contributed by atoms with van der Waals surface area (Å²) in [6, 6.07) is 14.1. The fourth-order valence-electron chi connectivity index (χ4n) is 3.71. The molecule has 1 N–H and O–H groups in total. The van der Waals surface area contributed by atoms with Crippen molar-refractivity contribution in [3.05, 3.63) is 59.5 Å². The molecule has 3 heterocycles. The molecule has 136 valence electrons. The van der Waals surface area contributed by atoms with E-state index >= 15 is 0 Å². The van der Waals surface area contributed by atoms with E-state index in [1.54, 1.807) is 0 Å². The van der Waals surface area contributed by atoms with Crippen LogP contribution in [0.2, 0.25) is 0 Å². The zero-order valence-electron chi connectivity index (χ0n) is 15.2. The Morgan fingerprint density at radius 2 is 1.92 bits per heavy atom. The summed E-state index contributed by atoms with van der Waals surface area (Å²) in [6.45, 7) is 6.47. The van der Waals surface area contributed by atoms with Gasteiger partial charge in [0.15, 0.2) is 5.58 Å². The van der Waals surface area contributed by atoms with Gasteiger partial charge in [-0.3, -0.25) is 4.79 Å². The number of hydrogen-bond acceptors (Lipinski definition) is 3. The molecular formula is C21H25N3O2. The molecule has 4 rings (SSSR count). The van der Waals surface area contributed by atoms with Crippen molar-refractivity contribution in [2.75, 3.05) is 26.2 Å². The number of rotatable bonds is 6. The van der Waals surface area contributed by atoms with E-state index in [1.807, 2.05) is 41.8 Å². The highest BCUT2D eigenvalue weighted by Crippen LogP contribution is 2.25. The molecule has 1 amide bonds. The molecular weight excluding hydrogens is 326 g/mol. The number of aromatic nitrogens is 1. The van der Waals surface area contributed by atoms with Crippen LogP contribution in [0.5, 0.6) is 0 Å². The van der Waals surface area contributed by atoms with E-state index in [9.17, 15) is 4.79 Å². The maximum Gasteiger partial charge on any atom is 0.268 e. The van der Waals surface area contributed by atoms with Gasteiger partial charge in [0, 0.05) is 31.8 Å². The van der Waals surface area contributed by atoms with Gasteiger partial charge < -0.3 is 19.2 Å². The predicted octanol–water partition coefficient (Wildman–Crippen LogP) is 3.42. The monoisotopic (exact) mass is 351 g/mol. The number of nitrogens with one attached hydrogen (secondary N) is 1. The molecule has 2 aromatic heterocycles. The summed E-state index contributed by atoms with van der Waals surface area (Å²) in [5.41, 5.74) is 3.55. The number of amides is 1. The highest BCUT2D eigenvalue weighted by Gasteiger charge is 2.19. The van der Waals surface area contributed by atoms with Crippen molar-refractivity contribution in [1.29, 1.82) is 0 Å². The smallest absolute Gasteiger partial charge is 0.268 e. The zero-order chi connectivity index (χ0) is 17.9. The summed E-state index contributed by atoms with van der Waals surface area (Å²) in [6.07, 6.45) is 2.53. The van der Waals surface area contributed by atoms with E-state index in [-0.39, 0.29) is 5.91 Å². The Kier molecular flexibility index (Phi) is 4.80. The van der Waals surface area contributed by atoms with Crippen molar-refractivity contribution in [2.24, 2.45) is 0 Å². The summed E-state index contributed by atoms with van der Waals surface area (Å²) in [4.78, 5) is 15.2. The van der Waals surface area contributed by atoms with E-state index in [2.05, 4.69) is 22.3 Å². The minimum Gasteiger partial charge on any atom is -0.460 e. The van der Waals surface area contributed by atoms with Crippen LogP contribution < -0.4 is 5.32 Å². The van der Waals surface area contributed by atoms with Crippen LogP contribution >= 0.6 is 0 Å². The second-order valence-electron chi connectivity index (χ2n) is 7.01. The Hall–Kier alpha value is -2.53. The largest absolute Gasteiger partial charge is 0.460 e. The summed E-state index contributed by atoms with van der Waals surface area (Å²) in [5, 5.41) is 3.07. The first-order valence-corrected chi connectivity index (χ1v) is 9.35. The Morgan fingerprint density at radius 3 is 2.69 bits per heavy atom. The third-order valence-corrected chi connectivity index (χ3v) is 5.04. The molecule has 0 aliphatic carbocycles. The van der Waals surface area contributed by atoms with Crippen LogP contribution in [0.4, 0.5) is 0 Å². The van der Waals surface area contributed by atoms with Crippen molar-refractivity contribution in [3.63, 3.8) is 0 Å². The number of carbonyl (C=O) groups is 1. The lowest BCUT2D eigenvalue weighted by molar-refractivity contribution is 0.0941. The summed E-state index contributed by atoms with van der Waals surface area (Å²) >= 11 is 0. The molecule has 1 aliphatic heterocycles. The molecule has 1 aromatic carbocycles. The first kappa shape index (κ1) is 16.9. The van der Waals surface area contributed by atoms with E-state index in [4.69, 9.17) is 4.42 Å². The van der Waals surface area contributed by atoms with Crippen molar-refractivity contribution >= 4 is 17.0 Å². The van der Waals surface area contributed by atoms with E-state index in [1.165, 1.54) is 12.8 Å². The molecule has 0 spiro atoms. The average molecular weight is 351 g/mol. The normalized spacial score (nSPS) is 15.0. The Labute approximate surface area is 153 Å². The number of furan rings is 1. The number of hydrogen-bond donors (Lipinski definition) is 1. The van der Waals surface area contributed by atoms with Gasteiger partial charge >= 0.3 is 0 Å². The number of nitrogens with zero attached hydrogens (tertiary/aromatic N) is 2. The fourth-order valence-corrected chi connectivity index (χ4v) is 3.71. The van der Waals surface area contributed by atoms with Crippen LogP contribution in [0.15, 0.2) is 46.9 Å². The van der Waals surface area contributed by atoms with E-state index in [0.29, 0.717) is 18.8 Å². The van der Waals surface area contributed by atoms with Gasteiger partial charge in [-0.2, -0.15) is 0 Å². The standard InChI is InChI=1S/C21H25N3O2/c1-16-13-18-20(26-16)14-19(24(18)15-17-7-3-2-4-8-17)21(25)22-9-12-23-10-5-6-11-23/h2-4,7-8,13-14H,5-6,9-12,15H2,1H3,(H,22,25). The third-order valence-electron chi connectivity index (χ3n) is 5.04. The quantitative estimate of drug-likeness (QED) is 0.740. The second-order valence-corrected chi connectivity index (χ2v) is 7.01. The molecule has 1 aliphatic rings. The minimum absolute atomic E-state index is 0.0378. The van der Waals surface area contributed by atoms with E-state index < -0.39 is 0 Å². The molecule has 1 saturated heterocycles. The predicted molar refractivity (Wildman–Crippen MR) is 102 cm³/mol. The van der Waals surface area contributed by atoms with Gasteiger partial charge in [0.05, 0.1) is 5.52 Å². The maximum absolute atomic E-state index is 12.8. The van der Waals surface area contributed by atoms with Crippen molar-refractivity contribution < 1.29 is 9.21 Å². The van der Waals surface area contributed by atoms with Crippen molar-refractivity contribution in [2.45, 2.75) is 26.3 Å². The Balaban J connectivity index is 1.54. The molecule has 0 atom stereocenters. The van der Waals surface area contributed by atoms with Crippen molar-refractivity contribution in [3.8, 4) is 0 Å². The summed E-state index contributed by atoms with van der Waals surface area (Å²) in [5.74, 6) is 0.821. The van der Waals surface area contributed by atoms with Crippen LogP contribution in [0.3, 0.4) is 0 Å².